The lowest BCUT2D eigenvalue weighted by Crippen LogP contribution is -2.29. The van der Waals surface area contributed by atoms with Crippen molar-refractivity contribution in [2.75, 3.05) is 29.7 Å². The second kappa shape index (κ2) is 6.77. The van der Waals surface area contributed by atoms with Crippen LogP contribution in [0.15, 0.2) is 12.1 Å². The summed E-state index contributed by atoms with van der Waals surface area (Å²) < 4.78 is 27.3. The molecule has 1 aromatic carbocycles. The van der Waals surface area contributed by atoms with Gasteiger partial charge in [0.2, 0.25) is 0 Å². The normalized spacial score (nSPS) is 10.4. The van der Waals surface area contributed by atoms with Gasteiger partial charge in [0, 0.05) is 30.4 Å². The zero-order valence-electron chi connectivity index (χ0n) is 8.93. The van der Waals surface area contributed by atoms with Crippen molar-refractivity contribution in [3.05, 3.63) is 29.3 Å². The SMILES string of the molecule is O=Cc1cc(F)c(N(CCCl)CCCl)c(F)c1. The van der Waals surface area contributed by atoms with E-state index in [-0.39, 0.29) is 36.1 Å². The van der Waals surface area contributed by atoms with Gasteiger partial charge in [0.25, 0.3) is 0 Å². The molecule has 0 unspecified atom stereocenters. The molecule has 0 fully saturated rings. The van der Waals surface area contributed by atoms with Gasteiger partial charge in [-0.2, -0.15) is 0 Å². The van der Waals surface area contributed by atoms with E-state index in [2.05, 4.69) is 0 Å². The second-order valence-corrected chi connectivity index (χ2v) is 4.07. The first-order valence-electron chi connectivity index (χ1n) is 4.95. The number of nitrogens with zero attached hydrogens (tertiary/aromatic N) is 1. The highest BCUT2D eigenvalue weighted by atomic mass is 35.5. The van der Waals surface area contributed by atoms with Crippen LogP contribution in [0.5, 0.6) is 0 Å². The molecule has 94 valence electrons. The summed E-state index contributed by atoms with van der Waals surface area (Å²) in [5.41, 5.74) is -0.239. The maximum absolute atomic E-state index is 13.7. The Labute approximate surface area is 108 Å². The average Bonchev–Trinajstić information content (AvgIpc) is 2.28. The highest BCUT2D eigenvalue weighted by molar-refractivity contribution is 6.18. The zero-order valence-corrected chi connectivity index (χ0v) is 10.4. The Balaban J connectivity index is 3.13. The molecule has 0 spiro atoms. The molecule has 2 nitrogen and oxygen atoms in total. The van der Waals surface area contributed by atoms with Crippen molar-refractivity contribution < 1.29 is 13.6 Å². The molecular weight excluding hydrogens is 271 g/mol. The quantitative estimate of drug-likeness (QED) is 0.590. The van der Waals surface area contributed by atoms with Gasteiger partial charge in [-0.05, 0) is 12.1 Å². The zero-order chi connectivity index (χ0) is 12.8. The number of hydrogen-bond donors (Lipinski definition) is 0. The van der Waals surface area contributed by atoms with Gasteiger partial charge >= 0.3 is 0 Å². The lowest BCUT2D eigenvalue weighted by Gasteiger charge is -2.23. The number of rotatable bonds is 6. The van der Waals surface area contributed by atoms with Gasteiger partial charge in [0.1, 0.15) is 23.6 Å². The van der Waals surface area contributed by atoms with Gasteiger partial charge in [0.15, 0.2) is 0 Å². The minimum Gasteiger partial charge on any atom is -0.364 e. The summed E-state index contributed by atoms with van der Waals surface area (Å²) in [7, 11) is 0. The highest BCUT2D eigenvalue weighted by Crippen LogP contribution is 2.24. The smallest absolute Gasteiger partial charge is 0.150 e. The fourth-order valence-electron chi connectivity index (χ4n) is 1.49. The number of carbonyl (C=O) groups excluding carboxylic acids is 1. The van der Waals surface area contributed by atoms with Gasteiger partial charge in [-0.3, -0.25) is 4.79 Å². The number of benzene rings is 1. The van der Waals surface area contributed by atoms with Gasteiger partial charge < -0.3 is 4.90 Å². The Hall–Kier alpha value is -0.870. The molecule has 0 aromatic heterocycles. The molecule has 0 atom stereocenters. The number of anilines is 1. The molecule has 0 aliphatic rings. The Morgan fingerprint density at radius 1 is 1.12 bits per heavy atom. The first-order chi connectivity index (χ1) is 8.13. The van der Waals surface area contributed by atoms with Crippen molar-refractivity contribution >= 4 is 35.2 Å². The van der Waals surface area contributed by atoms with E-state index in [9.17, 15) is 13.6 Å². The van der Waals surface area contributed by atoms with E-state index >= 15 is 0 Å². The first kappa shape index (κ1) is 14.2. The molecule has 0 bridgehead atoms. The van der Waals surface area contributed by atoms with Gasteiger partial charge in [-0.25, -0.2) is 8.78 Å². The Bertz CT molecular complexity index is 372. The number of hydrogen-bond acceptors (Lipinski definition) is 2. The third-order valence-corrected chi connectivity index (χ3v) is 2.54. The summed E-state index contributed by atoms with van der Waals surface area (Å²) in [6.45, 7) is 0.561. The summed E-state index contributed by atoms with van der Waals surface area (Å²) in [5.74, 6) is -1.12. The topological polar surface area (TPSA) is 20.3 Å². The predicted octanol–water partition coefficient (Wildman–Crippen LogP) is 3.06. The van der Waals surface area contributed by atoms with Crippen molar-refractivity contribution in [2.45, 2.75) is 0 Å². The molecule has 0 aliphatic carbocycles. The largest absolute Gasteiger partial charge is 0.364 e. The Morgan fingerprint density at radius 2 is 1.59 bits per heavy atom. The van der Waals surface area contributed by atoms with E-state index in [0.717, 1.165) is 12.1 Å². The Kier molecular flexibility index (Phi) is 5.65. The second-order valence-electron chi connectivity index (χ2n) is 3.32. The number of carbonyl (C=O) groups is 1. The van der Waals surface area contributed by atoms with E-state index in [0.29, 0.717) is 6.29 Å². The van der Waals surface area contributed by atoms with Gasteiger partial charge in [-0.15, -0.1) is 23.2 Å². The van der Waals surface area contributed by atoms with E-state index in [1.807, 2.05) is 0 Å². The summed E-state index contributed by atoms with van der Waals surface area (Å²) in [5, 5.41) is 0. The van der Waals surface area contributed by atoms with Gasteiger partial charge in [0.05, 0.1) is 0 Å². The van der Waals surface area contributed by atoms with Crippen molar-refractivity contribution in [1.82, 2.24) is 0 Å². The van der Waals surface area contributed by atoms with Crippen LogP contribution in [0.4, 0.5) is 14.5 Å². The summed E-state index contributed by atoms with van der Waals surface area (Å²) in [4.78, 5) is 11.9. The van der Waals surface area contributed by atoms with Crippen molar-refractivity contribution in [1.29, 1.82) is 0 Å². The van der Waals surface area contributed by atoms with Crippen molar-refractivity contribution in [3.63, 3.8) is 0 Å². The highest BCUT2D eigenvalue weighted by Gasteiger charge is 2.17. The molecule has 17 heavy (non-hydrogen) atoms. The monoisotopic (exact) mass is 281 g/mol. The third-order valence-electron chi connectivity index (χ3n) is 2.20. The lowest BCUT2D eigenvalue weighted by atomic mass is 10.2. The van der Waals surface area contributed by atoms with Crippen LogP contribution in [0.25, 0.3) is 0 Å². The van der Waals surface area contributed by atoms with Crippen LogP contribution in [0, 0.1) is 11.6 Å². The molecule has 0 saturated carbocycles. The van der Waals surface area contributed by atoms with Crippen LogP contribution >= 0.6 is 23.2 Å². The molecule has 0 heterocycles. The van der Waals surface area contributed by atoms with Crippen LogP contribution in [0.1, 0.15) is 10.4 Å². The fraction of sp³-hybridized carbons (Fsp3) is 0.364. The van der Waals surface area contributed by atoms with E-state index in [1.54, 1.807) is 0 Å². The van der Waals surface area contributed by atoms with Crippen molar-refractivity contribution in [3.8, 4) is 0 Å². The molecule has 0 N–H and O–H groups in total. The molecule has 0 aliphatic heterocycles. The maximum atomic E-state index is 13.7. The molecule has 1 rings (SSSR count). The van der Waals surface area contributed by atoms with Crippen LogP contribution in [0.2, 0.25) is 0 Å². The molecule has 0 radical (unpaired) electrons. The van der Waals surface area contributed by atoms with Crippen LogP contribution in [-0.4, -0.2) is 31.1 Å². The van der Waals surface area contributed by atoms with Crippen LogP contribution < -0.4 is 4.90 Å². The van der Waals surface area contributed by atoms with E-state index in [4.69, 9.17) is 23.2 Å². The van der Waals surface area contributed by atoms with Gasteiger partial charge in [-0.1, -0.05) is 0 Å². The molecule has 6 heteroatoms. The summed E-state index contributed by atoms with van der Waals surface area (Å²) in [6, 6.07) is 1.97. The fourth-order valence-corrected chi connectivity index (χ4v) is 1.90. The minimum atomic E-state index is -0.790. The van der Waals surface area contributed by atoms with Crippen molar-refractivity contribution in [2.24, 2.45) is 0 Å². The number of aldehydes is 1. The summed E-state index contributed by atoms with van der Waals surface area (Å²) >= 11 is 11.1. The van der Waals surface area contributed by atoms with E-state index in [1.165, 1.54) is 4.90 Å². The lowest BCUT2D eigenvalue weighted by molar-refractivity contribution is 0.112. The molecule has 1 aromatic rings. The van der Waals surface area contributed by atoms with Crippen LogP contribution in [-0.2, 0) is 0 Å². The average molecular weight is 282 g/mol. The first-order valence-corrected chi connectivity index (χ1v) is 6.02. The molecule has 0 saturated heterocycles. The standard InChI is InChI=1S/C11H11Cl2F2NO/c12-1-3-16(4-2-13)11-9(14)5-8(7-17)6-10(11)15/h5-7H,1-4H2. The minimum absolute atomic E-state index is 0.0413. The third kappa shape index (κ3) is 3.54. The van der Waals surface area contributed by atoms with Crippen LogP contribution in [0.3, 0.4) is 0 Å². The predicted molar refractivity (Wildman–Crippen MR) is 65.4 cm³/mol. The summed E-state index contributed by atoms with van der Waals surface area (Å²) in [6.07, 6.45) is 0.392. The molecular formula is C11H11Cl2F2NO. The number of alkyl halides is 2. The maximum Gasteiger partial charge on any atom is 0.150 e. The van der Waals surface area contributed by atoms with E-state index < -0.39 is 11.6 Å². The molecule has 0 amide bonds. The Morgan fingerprint density at radius 3 is 1.94 bits per heavy atom. The number of halogens is 4.